The number of rotatable bonds is 3. The van der Waals surface area contributed by atoms with Crippen LogP contribution in [0, 0.1) is 5.92 Å². The maximum Gasteiger partial charge on any atom is 0.185 e. The number of hydrogen-bond acceptors (Lipinski definition) is 5. The van der Waals surface area contributed by atoms with Gasteiger partial charge in [0.15, 0.2) is 12.0 Å². The summed E-state index contributed by atoms with van der Waals surface area (Å²) >= 11 is 0. The number of nitrogens with two attached hydrogens (primary N) is 1. The number of fused-ring (bicyclic) bond motifs is 4. The van der Waals surface area contributed by atoms with Gasteiger partial charge in [0.2, 0.25) is 0 Å². The molecule has 0 radical (unpaired) electrons. The Labute approximate surface area is 135 Å². The number of hydrogen-bond donors (Lipinski definition) is 2. The van der Waals surface area contributed by atoms with Crippen molar-refractivity contribution in [1.82, 2.24) is 10.4 Å². The van der Waals surface area contributed by atoms with Crippen molar-refractivity contribution in [2.24, 2.45) is 5.92 Å². The number of carbonyl (C=O) groups excluding carboxylic acids is 1. The first kappa shape index (κ1) is 14.5. The molecule has 120 valence electrons. The zero-order chi connectivity index (χ0) is 15.8. The summed E-state index contributed by atoms with van der Waals surface area (Å²) in [5, 5.41) is 2.30. The molecular weight excluding hydrogens is 290 g/mol. The van der Waals surface area contributed by atoms with Gasteiger partial charge < -0.3 is 10.2 Å². The average molecular weight is 311 g/mol. The maximum absolute atomic E-state index is 11.2. The molecule has 1 atom stereocenters. The molecule has 2 aromatic rings. The molecule has 5 rings (SSSR count). The number of hydrazine groups is 1. The van der Waals surface area contributed by atoms with E-state index in [0.29, 0.717) is 23.3 Å². The fourth-order valence-corrected chi connectivity index (χ4v) is 3.88. The fourth-order valence-electron chi connectivity index (χ4n) is 3.88. The van der Waals surface area contributed by atoms with Crippen LogP contribution in [-0.2, 0) is 0 Å². The molecule has 0 spiro atoms. The van der Waals surface area contributed by atoms with Crippen molar-refractivity contribution in [1.29, 1.82) is 0 Å². The molecule has 1 unspecified atom stereocenters. The quantitative estimate of drug-likeness (QED) is 0.673. The number of nitrogens with one attached hydrogen (secondary N) is 1. The van der Waals surface area contributed by atoms with Crippen LogP contribution in [0.5, 0.6) is 0 Å². The van der Waals surface area contributed by atoms with Crippen LogP contribution in [0.15, 0.2) is 34.7 Å². The summed E-state index contributed by atoms with van der Waals surface area (Å²) in [5.74, 6) is 2.15. The predicted octanol–water partition coefficient (Wildman–Crippen LogP) is 2.66. The molecule has 3 fully saturated rings. The van der Waals surface area contributed by atoms with E-state index in [2.05, 4.69) is 10.4 Å². The minimum Gasteiger partial charge on any atom is -0.453 e. The van der Waals surface area contributed by atoms with E-state index >= 15 is 0 Å². The zero-order valence-electron chi connectivity index (χ0n) is 13.0. The largest absolute Gasteiger partial charge is 0.453 e. The normalized spacial score (nSPS) is 26.9. The van der Waals surface area contributed by atoms with Crippen LogP contribution in [0.1, 0.15) is 34.9 Å². The molecule has 4 heterocycles. The van der Waals surface area contributed by atoms with Crippen LogP contribution < -0.4 is 11.2 Å². The van der Waals surface area contributed by atoms with E-state index in [9.17, 15) is 4.79 Å². The van der Waals surface area contributed by atoms with Gasteiger partial charge in [-0.05, 0) is 37.0 Å². The van der Waals surface area contributed by atoms with Crippen molar-refractivity contribution >= 4 is 12.0 Å². The zero-order valence-corrected chi connectivity index (χ0v) is 13.0. The first-order valence-electron chi connectivity index (χ1n) is 8.18. The fraction of sp³-hybridized carbons (Fsp3) is 0.389. The molecule has 5 nitrogen and oxygen atoms in total. The smallest absolute Gasteiger partial charge is 0.185 e. The number of carbonyl (C=O) groups is 1. The van der Waals surface area contributed by atoms with E-state index in [1.54, 1.807) is 0 Å². The highest BCUT2D eigenvalue weighted by Crippen LogP contribution is 2.40. The molecule has 0 aliphatic carbocycles. The Hall–Kier alpha value is -2.11. The lowest BCUT2D eigenvalue weighted by Gasteiger charge is -2.28. The lowest BCUT2D eigenvalue weighted by Crippen LogP contribution is -2.39. The Kier molecular flexibility index (Phi) is 3.67. The van der Waals surface area contributed by atoms with E-state index in [1.165, 1.54) is 12.8 Å². The summed E-state index contributed by atoms with van der Waals surface area (Å²) in [5.41, 5.74) is 12.2. The Balaban J connectivity index is 1.78. The van der Waals surface area contributed by atoms with Crippen LogP contribution in [0.25, 0.3) is 11.3 Å². The molecule has 3 aliphatic heterocycles. The van der Waals surface area contributed by atoms with Gasteiger partial charge in [-0.2, -0.15) is 0 Å². The first-order chi connectivity index (χ1) is 11.2. The Bertz CT molecular complexity index is 717. The van der Waals surface area contributed by atoms with Gasteiger partial charge >= 0.3 is 0 Å². The molecule has 2 bridgehead atoms. The van der Waals surface area contributed by atoms with Gasteiger partial charge in [-0.3, -0.25) is 10.2 Å². The van der Waals surface area contributed by atoms with Gasteiger partial charge in [-0.25, -0.2) is 5.01 Å². The van der Waals surface area contributed by atoms with E-state index < -0.39 is 0 Å². The van der Waals surface area contributed by atoms with Crippen molar-refractivity contribution < 1.29 is 9.21 Å². The predicted molar refractivity (Wildman–Crippen MR) is 89.0 cm³/mol. The summed E-state index contributed by atoms with van der Waals surface area (Å²) in [6.07, 6.45) is 3.13. The molecule has 0 amide bonds. The summed E-state index contributed by atoms with van der Waals surface area (Å²) in [6.45, 7) is 3.07. The lowest BCUT2D eigenvalue weighted by molar-refractivity contribution is 0.110. The van der Waals surface area contributed by atoms with Crippen LogP contribution in [-0.4, -0.2) is 30.9 Å². The van der Waals surface area contributed by atoms with Gasteiger partial charge in [0.05, 0.1) is 0 Å². The molecule has 3 aliphatic rings. The Morgan fingerprint density at radius 1 is 1.26 bits per heavy atom. The Morgan fingerprint density at radius 3 is 2.83 bits per heavy atom. The van der Waals surface area contributed by atoms with Crippen LogP contribution in [0.4, 0.5) is 5.69 Å². The lowest BCUT2D eigenvalue weighted by atomic mass is 9.80. The summed E-state index contributed by atoms with van der Waals surface area (Å²) in [6, 6.07) is 9.57. The monoisotopic (exact) mass is 311 g/mol. The number of anilines is 1. The third kappa shape index (κ3) is 2.66. The van der Waals surface area contributed by atoms with Crippen molar-refractivity contribution in [2.75, 3.05) is 25.4 Å². The van der Waals surface area contributed by atoms with Gasteiger partial charge in [-0.1, -0.05) is 12.1 Å². The molecule has 0 saturated carbocycles. The minimum absolute atomic E-state index is 0.358. The average Bonchev–Trinajstić information content (AvgIpc) is 2.78. The second kappa shape index (κ2) is 5.83. The van der Waals surface area contributed by atoms with Crippen molar-refractivity contribution in [2.45, 2.75) is 18.8 Å². The van der Waals surface area contributed by atoms with E-state index in [0.717, 1.165) is 42.8 Å². The molecule has 3 N–H and O–H groups in total. The highest BCUT2D eigenvalue weighted by Gasteiger charge is 2.34. The van der Waals surface area contributed by atoms with Crippen LogP contribution in [0.2, 0.25) is 0 Å². The highest BCUT2D eigenvalue weighted by molar-refractivity contribution is 5.76. The summed E-state index contributed by atoms with van der Waals surface area (Å²) in [7, 11) is 0. The Morgan fingerprint density at radius 2 is 2.09 bits per heavy atom. The highest BCUT2D eigenvalue weighted by atomic mass is 16.3. The van der Waals surface area contributed by atoms with E-state index in [1.807, 2.05) is 30.3 Å². The van der Waals surface area contributed by atoms with Crippen molar-refractivity contribution in [3.8, 4) is 11.3 Å². The molecule has 1 aromatic heterocycles. The molecule has 3 saturated heterocycles. The van der Waals surface area contributed by atoms with E-state index in [-0.39, 0.29) is 0 Å². The van der Waals surface area contributed by atoms with Gasteiger partial charge in [0, 0.05) is 42.4 Å². The number of piperidine rings is 1. The van der Waals surface area contributed by atoms with Crippen molar-refractivity contribution in [3.05, 3.63) is 41.7 Å². The number of nitrogens with zero attached hydrogens (tertiary/aromatic N) is 1. The molecular formula is C18H21N3O2. The number of furan rings is 1. The third-order valence-electron chi connectivity index (χ3n) is 5.09. The third-order valence-corrected chi connectivity index (χ3v) is 5.09. The van der Waals surface area contributed by atoms with Gasteiger partial charge in [-0.15, -0.1) is 0 Å². The number of nitrogen functional groups attached to an aromatic ring is 1. The standard InChI is InChI=1S/C18H21N3O2/c19-14-3-1-2-13(8-14)18-16(9-15(11-22)23-18)17-10-20-21-6-4-12(17)5-7-21/h1-3,8-9,11-12,17,20H,4-7,10,19H2. The molecule has 5 heteroatoms. The van der Waals surface area contributed by atoms with Crippen molar-refractivity contribution in [3.63, 3.8) is 0 Å². The van der Waals surface area contributed by atoms with Crippen LogP contribution >= 0.6 is 0 Å². The SMILES string of the molecule is Nc1cccc(-c2oc(C=O)cc2C2CNN3CCC2CC3)c1. The topological polar surface area (TPSA) is 71.5 Å². The van der Waals surface area contributed by atoms with E-state index in [4.69, 9.17) is 10.2 Å². The molecule has 23 heavy (non-hydrogen) atoms. The maximum atomic E-state index is 11.2. The summed E-state index contributed by atoms with van der Waals surface area (Å²) in [4.78, 5) is 11.2. The second-order valence-corrected chi connectivity index (χ2v) is 6.47. The first-order valence-corrected chi connectivity index (χ1v) is 8.18. The van der Waals surface area contributed by atoms with Gasteiger partial charge in [0.1, 0.15) is 5.76 Å². The molecule has 1 aromatic carbocycles. The second-order valence-electron chi connectivity index (χ2n) is 6.47. The summed E-state index contributed by atoms with van der Waals surface area (Å²) < 4.78 is 5.84. The van der Waals surface area contributed by atoms with Gasteiger partial charge in [0.25, 0.3) is 0 Å². The van der Waals surface area contributed by atoms with Crippen LogP contribution in [0.3, 0.4) is 0 Å². The number of aldehydes is 1. The minimum atomic E-state index is 0.358. The number of benzene rings is 1.